The first-order valence-corrected chi connectivity index (χ1v) is 6.11. The van der Waals surface area contributed by atoms with Gasteiger partial charge in [-0.05, 0) is 56.3 Å². The summed E-state index contributed by atoms with van der Waals surface area (Å²) in [6.45, 7) is 3.75. The van der Waals surface area contributed by atoms with E-state index in [0.29, 0.717) is 24.2 Å². The molecule has 4 fully saturated rings. The van der Waals surface area contributed by atoms with Crippen LogP contribution in [0.3, 0.4) is 0 Å². The summed E-state index contributed by atoms with van der Waals surface area (Å²) in [4.78, 5) is 0. The normalized spacial score (nSPS) is 57.1. The van der Waals surface area contributed by atoms with Gasteiger partial charge in [0.2, 0.25) is 0 Å². The first-order chi connectivity index (χ1) is 7.06. The van der Waals surface area contributed by atoms with Gasteiger partial charge < -0.3 is 10.2 Å². The minimum absolute atomic E-state index is 0.312. The molecule has 2 unspecified atom stereocenters. The van der Waals surface area contributed by atoms with Crippen LogP contribution in [0.2, 0.25) is 0 Å². The van der Waals surface area contributed by atoms with Crippen LogP contribution in [0.15, 0.2) is 12.7 Å². The summed E-state index contributed by atoms with van der Waals surface area (Å²) in [5.74, 6) is 1.29. The van der Waals surface area contributed by atoms with Crippen molar-refractivity contribution in [3.05, 3.63) is 12.7 Å². The Kier molecular flexibility index (Phi) is 1.88. The van der Waals surface area contributed by atoms with Gasteiger partial charge in [-0.1, -0.05) is 6.08 Å². The Hall–Kier alpha value is -0.340. The zero-order chi connectivity index (χ0) is 10.7. The minimum atomic E-state index is -0.551. The first kappa shape index (κ1) is 9.86. The summed E-state index contributed by atoms with van der Waals surface area (Å²) in [5, 5.41) is 21.1. The van der Waals surface area contributed by atoms with E-state index in [1.807, 2.05) is 6.08 Å². The second kappa shape index (κ2) is 2.86. The number of aliphatic hydroxyl groups is 2. The van der Waals surface area contributed by atoms with Crippen LogP contribution in [0, 0.1) is 17.8 Å². The fraction of sp³-hybridized carbons (Fsp3) is 0.846. The highest BCUT2D eigenvalue weighted by Crippen LogP contribution is 2.60. The molecule has 0 amide bonds. The molecule has 0 aliphatic heterocycles. The van der Waals surface area contributed by atoms with Crippen LogP contribution in [0.4, 0.5) is 0 Å². The first-order valence-electron chi connectivity index (χ1n) is 6.11. The molecule has 0 aromatic heterocycles. The second-order valence-corrected chi connectivity index (χ2v) is 6.05. The van der Waals surface area contributed by atoms with Gasteiger partial charge in [0.1, 0.15) is 0 Å². The average molecular weight is 208 g/mol. The van der Waals surface area contributed by atoms with E-state index in [4.69, 9.17) is 0 Å². The molecule has 4 saturated carbocycles. The van der Waals surface area contributed by atoms with Crippen molar-refractivity contribution >= 4 is 0 Å². The zero-order valence-electron chi connectivity index (χ0n) is 9.15. The van der Waals surface area contributed by atoms with Crippen molar-refractivity contribution in [3.63, 3.8) is 0 Å². The molecule has 0 heterocycles. The number of rotatable bonds is 2. The molecule has 0 radical (unpaired) electrons. The molecule has 4 aliphatic rings. The monoisotopic (exact) mass is 208 g/mol. The van der Waals surface area contributed by atoms with Crippen LogP contribution in [-0.2, 0) is 0 Å². The zero-order valence-corrected chi connectivity index (χ0v) is 9.15. The molecule has 2 heteroatoms. The SMILES string of the molecule is C=CCC1(O)C2CC3CC1CC(O)(C3)C2. The molecule has 4 rings (SSSR count). The van der Waals surface area contributed by atoms with Crippen LogP contribution >= 0.6 is 0 Å². The molecule has 15 heavy (non-hydrogen) atoms. The van der Waals surface area contributed by atoms with Gasteiger partial charge in [-0.15, -0.1) is 6.58 Å². The third-order valence-corrected chi connectivity index (χ3v) is 5.04. The third kappa shape index (κ3) is 1.24. The standard InChI is InChI=1S/C13H20O2/c1-2-3-13(15)10-4-9-5-11(13)8-12(14,6-9)7-10/h2,9-11,14-15H,1,3-8H2. The summed E-state index contributed by atoms with van der Waals surface area (Å²) in [6.07, 6.45) is 7.36. The molecule has 0 aromatic rings. The highest BCUT2D eigenvalue weighted by molar-refractivity contribution is 5.13. The van der Waals surface area contributed by atoms with Crippen molar-refractivity contribution in [2.24, 2.45) is 17.8 Å². The molecular formula is C13H20O2. The molecule has 2 N–H and O–H groups in total. The maximum absolute atomic E-state index is 10.7. The lowest BCUT2D eigenvalue weighted by Crippen LogP contribution is -2.63. The fourth-order valence-electron chi connectivity index (χ4n) is 4.60. The summed E-state index contributed by atoms with van der Waals surface area (Å²) in [7, 11) is 0. The molecule has 2 atom stereocenters. The van der Waals surface area contributed by atoms with Crippen LogP contribution in [0.1, 0.15) is 38.5 Å². The predicted octanol–water partition coefficient (Wildman–Crippen LogP) is 1.86. The van der Waals surface area contributed by atoms with Gasteiger partial charge in [-0.3, -0.25) is 0 Å². The number of hydrogen-bond acceptors (Lipinski definition) is 2. The Morgan fingerprint density at radius 1 is 1.13 bits per heavy atom. The van der Waals surface area contributed by atoms with E-state index >= 15 is 0 Å². The van der Waals surface area contributed by atoms with Crippen LogP contribution < -0.4 is 0 Å². The highest BCUT2D eigenvalue weighted by Gasteiger charge is 2.60. The molecule has 4 aliphatic carbocycles. The van der Waals surface area contributed by atoms with Crippen molar-refractivity contribution in [3.8, 4) is 0 Å². The number of hydrogen-bond donors (Lipinski definition) is 2. The maximum Gasteiger partial charge on any atom is 0.0740 e. The lowest BCUT2D eigenvalue weighted by atomic mass is 9.47. The van der Waals surface area contributed by atoms with Gasteiger partial charge in [0.15, 0.2) is 0 Å². The Balaban J connectivity index is 1.93. The Morgan fingerprint density at radius 2 is 1.73 bits per heavy atom. The van der Waals surface area contributed by atoms with Gasteiger partial charge in [-0.25, -0.2) is 0 Å². The third-order valence-electron chi connectivity index (χ3n) is 5.04. The molecule has 0 saturated heterocycles. The molecule has 84 valence electrons. The van der Waals surface area contributed by atoms with Crippen molar-refractivity contribution in [1.82, 2.24) is 0 Å². The van der Waals surface area contributed by atoms with E-state index in [1.165, 1.54) is 0 Å². The van der Waals surface area contributed by atoms with Gasteiger partial charge in [0, 0.05) is 0 Å². The molecule has 0 spiro atoms. The van der Waals surface area contributed by atoms with Crippen molar-refractivity contribution < 1.29 is 10.2 Å². The van der Waals surface area contributed by atoms with Crippen LogP contribution in [0.5, 0.6) is 0 Å². The van der Waals surface area contributed by atoms with E-state index in [2.05, 4.69) is 6.58 Å². The Morgan fingerprint density at radius 3 is 2.20 bits per heavy atom. The molecule has 4 bridgehead atoms. The van der Waals surface area contributed by atoms with Crippen molar-refractivity contribution in [2.75, 3.05) is 0 Å². The lowest BCUT2D eigenvalue weighted by molar-refractivity contribution is -0.224. The van der Waals surface area contributed by atoms with Gasteiger partial charge >= 0.3 is 0 Å². The fourth-order valence-corrected chi connectivity index (χ4v) is 4.60. The van der Waals surface area contributed by atoms with E-state index < -0.39 is 11.2 Å². The van der Waals surface area contributed by atoms with Gasteiger partial charge in [0.25, 0.3) is 0 Å². The quantitative estimate of drug-likeness (QED) is 0.680. The molecule has 2 nitrogen and oxygen atoms in total. The van der Waals surface area contributed by atoms with Crippen LogP contribution in [0.25, 0.3) is 0 Å². The Labute approximate surface area is 91.0 Å². The average Bonchev–Trinajstić information content (AvgIpc) is 2.12. The smallest absolute Gasteiger partial charge is 0.0740 e. The minimum Gasteiger partial charge on any atom is -0.390 e. The largest absolute Gasteiger partial charge is 0.390 e. The Bertz CT molecular complexity index is 281. The lowest BCUT2D eigenvalue weighted by Gasteiger charge is -2.61. The van der Waals surface area contributed by atoms with Crippen LogP contribution in [-0.4, -0.2) is 21.4 Å². The second-order valence-electron chi connectivity index (χ2n) is 6.05. The summed E-state index contributed by atoms with van der Waals surface area (Å²) < 4.78 is 0. The topological polar surface area (TPSA) is 40.5 Å². The van der Waals surface area contributed by atoms with Crippen molar-refractivity contribution in [2.45, 2.75) is 49.7 Å². The van der Waals surface area contributed by atoms with Gasteiger partial charge in [0.05, 0.1) is 11.2 Å². The summed E-state index contributed by atoms with van der Waals surface area (Å²) in [5.41, 5.74) is -0.991. The van der Waals surface area contributed by atoms with E-state index in [9.17, 15) is 10.2 Å². The highest BCUT2D eigenvalue weighted by atomic mass is 16.3. The summed E-state index contributed by atoms with van der Waals surface area (Å²) in [6, 6.07) is 0. The van der Waals surface area contributed by atoms with Gasteiger partial charge in [-0.2, -0.15) is 0 Å². The molecular weight excluding hydrogens is 188 g/mol. The molecule has 0 aromatic carbocycles. The van der Waals surface area contributed by atoms with E-state index in [-0.39, 0.29) is 0 Å². The van der Waals surface area contributed by atoms with E-state index in [1.54, 1.807) is 0 Å². The van der Waals surface area contributed by atoms with E-state index in [0.717, 1.165) is 32.1 Å². The maximum atomic E-state index is 10.7. The van der Waals surface area contributed by atoms with Crippen molar-refractivity contribution in [1.29, 1.82) is 0 Å². The predicted molar refractivity (Wildman–Crippen MR) is 58.3 cm³/mol. The summed E-state index contributed by atoms with van der Waals surface area (Å²) >= 11 is 0.